The first-order valence-electron chi connectivity index (χ1n) is 11.3. The summed E-state index contributed by atoms with van der Waals surface area (Å²) in [6.45, 7) is 7.07. The Labute approximate surface area is 197 Å². The lowest BCUT2D eigenvalue weighted by molar-refractivity contribution is -0.384. The lowest BCUT2D eigenvalue weighted by atomic mass is 10.1. The van der Waals surface area contributed by atoms with E-state index in [4.69, 9.17) is 4.42 Å². The molecule has 8 nitrogen and oxygen atoms in total. The number of amides is 1. The summed E-state index contributed by atoms with van der Waals surface area (Å²) in [5, 5.41) is 11.2. The number of hydrogen-bond donors (Lipinski definition) is 0. The average Bonchev–Trinajstić information content (AvgIpc) is 3.36. The number of nitro benzene ring substituents is 1. The molecule has 0 aliphatic carbocycles. The van der Waals surface area contributed by atoms with Gasteiger partial charge in [0, 0.05) is 62.7 Å². The van der Waals surface area contributed by atoms with Crippen LogP contribution < -0.4 is 4.90 Å². The van der Waals surface area contributed by atoms with Crippen LogP contribution >= 0.6 is 0 Å². The van der Waals surface area contributed by atoms with Gasteiger partial charge < -0.3 is 18.8 Å². The first kappa shape index (κ1) is 21.8. The molecule has 2 aromatic carbocycles. The normalized spacial score (nSPS) is 14.1. The van der Waals surface area contributed by atoms with E-state index >= 15 is 0 Å². The monoisotopic (exact) mass is 458 g/mol. The summed E-state index contributed by atoms with van der Waals surface area (Å²) in [7, 11) is 0. The minimum Gasteiger partial charge on any atom is -0.460 e. The summed E-state index contributed by atoms with van der Waals surface area (Å²) in [5.74, 6) is 0.697. The third-order valence-electron chi connectivity index (χ3n) is 6.42. The maximum Gasteiger partial charge on any atom is 0.270 e. The second-order valence-corrected chi connectivity index (χ2v) is 8.72. The van der Waals surface area contributed by atoms with Crippen molar-refractivity contribution in [3.05, 3.63) is 93.4 Å². The van der Waals surface area contributed by atoms with Crippen molar-refractivity contribution in [3.8, 4) is 0 Å². The SMILES string of the molecule is Cc1cc2c(cc(C(=O)N3CCN(c4ccccc4C)CC3)n2Cc2cccc([N+](=O)[O-])c2)o1. The summed E-state index contributed by atoms with van der Waals surface area (Å²) >= 11 is 0. The molecule has 0 N–H and O–H groups in total. The van der Waals surface area contributed by atoms with E-state index in [2.05, 4.69) is 24.0 Å². The number of nitro groups is 1. The van der Waals surface area contributed by atoms with Gasteiger partial charge in [-0.25, -0.2) is 0 Å². The van der Waals surface area contributed by atoms with Crippen LogP contribution in [0.3, 0.4) is 0 Å². The minimum absolute atomic E-state index is 0.0319. The predicted molar refractivity (Wildman–Crippen MR) is 130 cm³/mol. The van der Waals surface area contributed by atoms with Crippen LogP contribution in [0.4, 0.5) is 11.4 Å². The highest BCUT2D eigenvalue weighted by atomic mass is 16.6. The van der Waals surface area contributed by atoms with Crippen LogP contribution in [-0.2, 0) is 6.54 Å². The second kappa shape index (κ2) is 8.70. The molecular weight excluding hydrogens is 432 g/mol. The van der Waals surface area contributed by atoms with Gasteiger partial charge in [-0.2, -0.15) is 0 Å². The molecule has 0 saturated carbocycles. The quantitative estimate of drug-likeness (QED) is 0.318. The Morgan fingerprint density at radius 1 is 1.00 bits per heavy atom. The van der Waals surface area contributed by atoms with Crippen LogP contribution in [0.15, 0.2) is 65.1 Å². The maximum atomic E-state index is 13.6. The summed E-state index contributed by atoms with van der Waals surface area (Å²) in [4.78, 5) is 28.6. The molecule has 8 heteroatoms. The number of furan rings is 1. The van der Waals surface area contributed by atoms with Gasteiger partial charge in [-0.15, -0.1) is 0 Å². The van der Waals surface area contributed by atoms with Gasteiger partial charge in [0.05, 0.1) is 10.4 Å². The Morgan fingerprint density at radius 3 is 2.50 bits per heavy atom. The Morgan fingerprint density at radius 2 is 1.76 bits per heavy atom. The number of aryl methyl sites for hydroxylation is 2. The lowest BCUT2D eigenvalue weighted by Gasteiger charge is -2.37. The highest BCUT2D eigenvalue weighted by Crippen LogP contribution is 2.27. The molecule has 5 rings (SSSR count). The van der Waals surface area contributed by atoms with Crippen LogP contribution in [0.2, 0.25) is 0 Å². The summed E-state index contributed by atoms with van der Waals surface area (Å²) in [5.41, 5.74) is 5.20. The molecule has 1 amide bonds. The van der Waals surface area contributed by atoms with E-state index in [1.165, 1.54) is 17.3 Å². The highest BCUT2D eigenvalue weighted by Gasteiger charge is 2.27. The fourth-order valence-electron chi connectivity index (χ4n) is 4.69. The number of nitrogens with zero attached hydrogens (tertiary/aromatic N) is 4. The molecule has 0 radical (unpaired) electrons. The number of rotatable bonds is 5. The fourth-order valence-corrected chi connectivity index (χ4v) is 4.69. The van der Waals surface area contributed by atoms with Crippen molar-refractivity contribution in [3.63, 3.8) is 0 Å². The van der Waals surface area contributed by atoms with Crippen molar-refractivity contribution in [2.45, 2.75) is 20.4 Å². The molecular formula is C26H26N4O4. The zero-order chi connectivity index (χ0) is 23.8. The van der Waals surface area contributed by atoms with Crippen LogP contribution in [0.25, 0.3) is 11.1 Å². The number of carbonyl (C=O) groups is 1. The third kappa shape index (κ3) is 4.03. The molecule has 174 valence electrons. The first-order chi connectivity index (χ1) is 16.4. The van der Waals surface area contributed by atoms with Crippen LogP contribution in [0.1, 0.15) is 27.4 Å². The summed E-state index contributed by atoms with van der Waals surface area (Å²) in [6, 6.07) is 18.5. The standard InChI is InChI=1S/C26H26N4O4/c1-18-6-3-4-9-22(18)27-10-12-28(13-11-27)26(31)24-16-25-23(14-19(2)34-25)29(24)17-20-7-5-8-21(15-20)30(32)33/h3-9,14-16H,10-13,17H2,1-2H3. The lowest BCUT2D eigenvalue weighted by Crippen LogP contribution is -2.49. The van der Waals surface area contributed by atoms with Crippen molar-refractivity contribution >= 4 is 28.4 Å². The molecule has 1 aliphatic rings. The van der Waals surface area contributed by atoms with Gasteiger partial charge in [0.2, 0.25) is 0 Å². The molecule has 1 aliphatic heterocycles. The number of aromatic nitrogens is 1. The molecule has 0 bridgehead atoms. The number of benzene rings is 2. The Bertz CT molecular complexity index is 1380. The number of carbonyl (C=O) groups excluding carboxylic acids is 1. The minimum atomic E-state index is -0.406. The number of para-hydroxylation sites is 1. The van der Waals surface area contributed by atoms with Gasteiger partial charge in [0.1, 0.15) is 11.5 Å². The fraction of sp³-hybridized carbons (Fsp3) is 0.269. The van der Waals surface area contributed by atoms with Gasteiger partial charge >= 0.3 is 0 Å². The summed E-state index contributed by atoms with van der Waals surface area (Å²) < 4.78 is 7.71. The van der Waals surface area contributed by atoms with Crippen LogP contribution in [-0.4, -0.2) is 46.5 Å². The zero-order valence-electron chi connectivity index (χ0n) is 19.2. The van der Waals surface area contributed by atoms with E-state index in [9.17, 15) is 14.9 Å². The smallest absolute Gasteiger partial charge is 0.270 e. The van der Waals surface area contributed by atoms with Gasteiger partial charge in [0.25, 0.3) is 11.6 Å². The number of non-ortho nitro benzene ring substituents is 1. The van der Waals surface area contributed by atoms with Gasteiger partial charge in [-0.3, -0.25) is 14.9 Å². The molecule has 1 fully saturated rings. The Hall–Kier alpha value is -4.07. The van der Waals surface area contributed by atoms with E-state index in [1.807, 2.05) is 40.7 Å². The van der Waals surface area contributed by atoms with Crippen LogP contribution in [0, 0.1) is 24.0 Å². The Balaban J connectivity index is 1.41. The van der Waals surface area contributed by atoms with Crippen molar-refractivity contribution in [2.24, 2.45) is 0 Å². The van der Waals surface area contributed by atoms with Crippen molar-refractivity contribution < 1.29 is 14.1 Å². The molecule has 0 atom stereocenters. The van der Waals surface area contributed by atoms with E-state index in [1.54, 1.807) is 18.2 Å². The van der Waals surface area contributed by atoms with Crippen molar-refractivity contribution in [2.75, 3.05) is 31.1 Å². The number of anilines is 1. The van der Waals surface area contributed by atoms with E-state index in [-0.39, 0.29) is 11.6 Å². The molecule has 2 aromatic heterocycles. The van der Waals surface area contributed by atoms with Gasteiger partial charge in [-0.05, 0) is 31.0 Å². The van der Waals surface area contributed by atoms with Gasteiger partial charge in [0.15, 0.2) is 5.58 Å². The topological polar surface area (TPSA) is 84.8 Å². The predicted octanol–water partition coefficient (Wildman–Crippen LogP) is 4.77. The molecule has 4 aromatic rings. The van der Waals surface area contributed by atoms with Crippen molar-refractivity contribution in [1.82, 2.24) is 9.47 Å². The second-order valence-electron chi connectivity index (χ2n) is 8.72. The number of hydrogen-bond acceptors (Lipinski definition) is 5. The number of fused-ring (bicyclic) bond motifs is 1. The van der Waals surface area contributed by atoms with Crippen molar-refractivity contribution in [1.29, 1.82) is 0 Å². The van der Waals surface area contributed by atoms with E-state index in [0.29, 0.717) is 30.9 Å². The van der Waals surface area contributed by atoms with Crippen LogP contribution in [0.5, 0.6) is 0 Å². The third-order valence-corrected chi connectivity index (χ3v) is 6.42. The molecule has 0 spiro atoms. The van der Waals surface area contributed by atoms with E-state index < -0.39 is 4.92 Å². The Kier molecular flexibility index (Phi) is 5.57. The molecule has 3 heterocycles. The highest BCUT2D eigenvalue weighted by molar-refractivity contribution is 5.98. The van der Waals surface area contributed by atoms with E-state index in [0.717, 1.165) is 29.9 Å². The molecule has 0 unspecified atom stereocenters. The molecule has 34 heavy (non-hydrogen) atoms. The largest absolute Gasteiger partial charge is 0.460 e. The van der Waals surface area contributed by atoms with Gasteiger partial charge in [-0.1, -0.05) is 30.3 Å². The average molecular weight is 459 g/mol. The molecule has 1 saturated heterocycles. The first-order valence-corrected chi connectivity index (χ1v) is 11.3. The number of piperazine rings is 1. The maximum absolute atomic E-state index is 13.6. The summed E-state index contributed by atoms with van der Waals surface area (Å²) in [6.07, 6.45) is 0. The zero-order valence-corrected chi connectivity index (χ0v) is 19.2.